The first-order valence-corrected chi connectivity index (χ1v) is 7.61. The SMILES string of the molecule is CC1CCCN(S(=O)(=O)c2c(F)cc(F)cc2F)C1N. The van der Waals surface area contributed by atoms with Gasteiger partial charge in [-0.3, -0.25) is 0 Å². The van der Waals surface area contributed by atoms with E-state index in [-0.39, 0.29) is 12.5 Å². The molecule has 0 radical (unpaired) electrons. The molecule has 1 aliphatic heterocycles. The van der Waals surface area contributed by atoms with Crippen molar-refractivity contribution in [1.29, 1.82) is 0 Å². The van der Waals surface area contributed by atoms with E-state index in [9.17, 15) is 21.6 Å². The summed E-state index contributed by atoms with van der Waals surface area (Å²) in [5, 5.41) is 0. The van der Waals surface area contributed by atoms with Crippen LogP contribution >= 0.6 is 0 Å². The van der Waals surface area contributed by atoms with Gasteiger partial charge in [0.25, 0.3) is 0 Å². The topological polar surface area (TPSA) is 63.4 Å². The average molecular weight is 308 g/mol. The zero-order chi connectivity index (χ0) is 15.1. The summed E-state index contributed by atoms with van der Waals surface area (Å²) in [6.45, 7) is 1.85. The normalized spacial score (nSPS) is 24.9. The summed E-state index contributed by atoms with van der Waals surface area (Å²) in [7, 11) is -4.43. The maximum atomic E-state index is 13.7. The van der Waals surface area contributed by atoms with Gasteiger partial charge in [-0.15, -0.1) is 0 Å². The van der Waals surface area contributed by atoms with Gasteiger partial charge in [0.1, 0.15) is 17.5 Å². The van der Waals surface area contributed by atoms with Gasteiger partial charge < -0.3 is 5.73 Å². The molecule has 0 aromatic heterocycles. The van der Waals surface area contributed by atoms with Crippen LogP contribution in [0.3, 0.4) is 0 Å². The fraction of sp³-hybridized carbons (Fsp3) is 0.500. The summed E-state index contributed by atoms with van der Waals surface area (Å²) >= 11 is 0. The highest BCUT2D eigenvalue weighted by Gasteiger charge is 2.38. The maximum Gasteiger partial charge on any atom is 0.250 e. The molecular weight excluding hydrogens is 293 g/mol. The summed E-state index contributed by atoms with van der Waals surface area (Å²) in [6.07, 6.45) is 0.442. The highest BCUT2D eigenvalue weighted by molar-refractivity contribution is 7.89. The number of rotatable bonds is 2. The molecule has 4 nitrogen and oxygen atoms in total. The van der Waals surface area contributed by atoms with E-state index in [0.717, 1.165) is 10.7 Å². The van der Waals surface area contributed by atoms with Crippen molar-refractivity contribution in [3.63, 3.8) is 0 Å². The van der Waals surface area contributed by atoms with Crippen LogP contribution in [0, 0.1) is 23.4 Å². The zero-order valence-electron chi connectivity index (χ0n) is 10.8. The first kappa shape index (κ1) is 15.3. The van der Waals surface area contributed by atoms with E-state index in [1.807, 2.05) is 0 Å². The van der Waals surface area contributed by atoms with Crippen LogP contribution in [0.1, 0.15) is 19.8 Å². The highest BCUT2D eigenvalue weighted by Crippen LogP contribution is 2.29. The van der Waals surface area contributed by atoms with E-state index >= 15 is 0 Å². The lowest BCUT2D eigenvalue weighted by atomic mass is 9.99. The molecule has 0 spiro atoms. The van der Waals surface area contributed by atoms with Gasteiger partial charge in [0, 0.05) is 18.7 Å². The van der Waals surface area contributed by atoms with E-state index in [2.05, 4.69) is 0 Å². The minimum atomic E-state index is -4.43. The van der Waals surface area contributed by atoms with E-state index < -0.39 is 38.5 Å². The van der Waals surface area contributed by atoms with Crippen molar-refractivity contribution >= 4 is 10.0 Å². The molecule has 1 aliphatic rings. The molecule has 1 heterocycles. The Kier molecular flexibility index (Phi) is 4.08. The predicted molar refractivity (Wildman–Crippen MR) is 66.6 cm³/mol. The van der Waals surface area contributed by atoms with Gasteiger partial charge in [0.2, 0.25) is 10.0 Å². The monoisotopic (exact) mass is 308 g/mol. The van der Waals surface area contributed by atoms with Gasteiger partial charge in [-0.1, -0.05) is 6.92 Å². The molecule has 0 amide bonds. The van der Waals surface area contributed by atoms with Crippen LogP contribution in [0.25, 0.3) is 0 Å². The smallest absolute Gasteiger partial charge is 0.250 e. The molecule has 0 saturated carbocycles. The molecule has 2 N–H and O–H groups in total. The van der Waals surface area contributed by atoms with Crippen molar-refractivity contribution in [3.05, 3.63) is 29.6 Å². The Hall–Kier alpha value is -1.12. The van der Waals surface area contributed by atoms with Crippen LogP contribution in [-0.4, -0.2) is 25.4 Å². The number of halogens is 3. The van der Waals surface area contributed by atoms with Crippen LogP contribution in [0.2, 0.25) is 0 Å². The second-order valence-corrected chi connectivity index (χ2v) is 6.75. The Balaban J connectivity index is 2.50. The molecule has 20 heavy (non-hydrogen) atoms. The third-order valence-corrected chi connectivity index (χ3v) is 5.43. The molecule has 0 aliphatic carbocycles. The molecule has 0 bridgehead atoms. The summed E-state index contributed by atoms with van der Waals surface area (Å²) in [6, 6.07) is 0.684. The Bertz CT molecular complexity index is 598. The molecule has 2 rings (SSSR count). The Labute approximate surface area is 115 Å². The van der Waals surface area contributed by atoms with Crippen LogP contribution in [0.4, 0.5) is 13.2 Å². The summed E-state index contributed by atoms with van der Waals surface area (Å²) < 4.78 is 65.7. The number of hydrogen-bond acceptors (Lipinski definition) is 3. The van der Waals surface area contributed by atoms with Crippen molar-refractivity contribution in [2.45, 2.75) is 30.8 Å². The molecule has 2 atom stereocenters. The van der Waals surface area contributed by atoms with Crippen LogP contribution in [0.15, 0.2) is 17.0 Å². The molecule has 8 heteroatoms. The molecule has 1 aromatic carbocycles. The van der Waals surface area contributed by atoms with Gasteiger partial charge in [0.15, 0.2) is 4.90 Å². The molecule has 1 saturated heterocycles. The second kappa shape index (κ2) is 5.34. The first-order valence-electron chi connectivity index (χ1n) is 6.17. The molecule has 1 fully saturated rings. The summed E-state index contributed by atoms with van der Waals surface area (Å²) in [4.78, 5) is -1.15. The van der Waals surface area contributed by atoms with Crippen LogP contribution in [0.5, 0.6) is 0 Å². The lowest BCUT2D eigenvalue weighted by Gasteiger charge is -2.36. The minimum absolute atomic E-state index is 0.0874. The third-order valence-electron chi connectivity index (χ3n) is 3.48. The number of sulfonamides is 1. The van der Waals surface area contributed by atoms with Crippen molar-refractivity contribution in [2.75, 3.05) is 6.54 Å². The van der Waals surface area contributed by atoms with Crippen molar-refractivity contribution in [3.8, 4) is 0 Å². The Morgan fingerprint density at radius 1 is 1.25 bits per heavy atom. The van der Waals surface area contributed by atoms with Crippen LogP contribution < -0.4 is 5.73 Å². The zero-order valence-corrected chi connectivity index (χ0v) is 11.6. The van der Waals surface area contributed by atoms with Crippen molar-refractivity contribution in [1.82, 2.24) is 4.31 Å². The second-order valence-electron chi connectivity index (χ2n) is 4.92. The maximum absolute atomic E-state index is 13.7. The lowest BCUT2D eigenvalue weighted by Crippen LogP contribution is -2.52. The number of nitrogens with zero attached hydrogens (tertiary/aromatic N) is 1. The first-order chi connectivity index (χ1) is 9.25. The van der Waals surface area contributed by atoms with Gasteiger partial charge in [0.05, 0.1) is 6.17 Å². The standard InChI is InChI=1S/C12H15F3N2O2S/c1-7-3-2-4-17(12(7)16)20(18,19)11-9(14)5-8(13)6-10(11)15/h5-7,12H,2-4,16H2,1H3. The van der Waals surface area contributed by atoms with Gasteiger partial charge >= 0.3 is 0 Å². The Morgan fingerprint density at radius 3 is 2.35 bits per heavy atom. The number of piperidine rings is 1. The molecule has 2 unspecified atom stereocenters. The van der Waals surface area contributed by atoms with E-state index in [0.29, 0.717) is 18.6 Å². The van der Waals surface area contributed by atoms with Crippen molar-refractivity contribution in [2.24, 2.45) is 11.7 Å². The van der Waals surface area contributed by atoms with Crippen molar-refractivity contribution < 1.29 is 21.6 Å². The largest absolute Gasteiger partial charge is 0.315 e. The van der Waals surface area contributed by atoms with Crippen LogP contribution in [-0.2, 0) is 10.0 Å². The predicted octanol–water partition coefficient (Wildman–Crippen LogP) is 1.81. The third kappa shape index (κ3) is 2.55. The molecule has 112 valence electrons. The van der Waals surface area contributed by atoms with Gasteiger partial charge in [-0.05, 0) is 18.8 Å². The minimum Gasteiger partial charge on any atom is -0.315 e. The fourth-order valence-electron chi connectivity index (χ4n) is 2.35. The van der Waals surface area contributed by atoms with E-state index in [1.165, 1.54) is 0 Å². The average Bonchev–Trinajstić information content (AvgIpc) is 2.30. The summed E-state index contributed by atoms with van der Waals surface area (Å²) in [5.41, 5.74) is 5.80. The molecular formula is C12H15F3N2O2S. The fourth-order valence-corrected chi connectivity index (χ4v) is 4.09. The number of nitrogens with two attached hydrogens (primary N) is 1. The molecule has 1 aromatic rings. The lowest BCUT2D eigenvalue weighted by molar-refractivity contribution is 0.191. The number of hydrogen-bond donors (Lipinski definition) is 1. The van der Waals surface area contributed by atoms with Gasteiger partial charge in [-0.2, -0.15) is 4.31 Å². The van der Waals surface area contributed by atoms with E-state index in [1.54, 1.807) is 6.92 Å². The quantitative estimate of drug-likeness (QED) is 0.906. The van der Waals surface area contributed by atoms with Gasteiger partial charge in [-0.25, -0.2) is 21.6 Å². The highest BCUT2D eigenvalue weighted by atomic mass is 32.2. The van der Waals surface area contributed by atoms with E-state index in [4.69, 9.17) is 5.73 Å². The summed E-state index contributed by atoms with van der Waals surface area (Å²) in [5.74, 6) is -4.19. The Morgan fingerprint density at radius 2 is 1.80 bits per heavy atom. The number of benzene rings is 1.